The summed E-state index contributed by atoms with van der Waals surface area (Å²) in [6.07, 6.45) is 2.30. The van der Waals surface area contributed by atoms with E-state index in [0.29, 0.717) is 0 Å². The lowest BCUT2D eigenvalue weighted by Gasteiger charge is -2.24. The monoisotopic (exact) mass is 252 g/mol. The SMILES string of the molecule is Cc1cccc(C)c1CC1(O)Cc2ccccc2C1. The van der Waals surface area contributed by atoms with Crippen LogP contribution in [0, 0.1) is 13.8 Å². The average molecular weight is 252 g/mol. The highest BCUT2D eigenvalue weighted by molar-refractivity contribution is 5.39. The van der Waals surface area contributed by atoms with Crippen LogP contribution in [0.25, 0.3) is 0 Å². The zero-order valence-electron chi connectivity index (χ0n) is 11.6. The summed E-state index contributed by atoms with van der Waals surface area (Å²) >= 11 is 0. The molecule has 1 aliphatic rings. The van der Waals surface area contributed by atoms with Crippen LogP contribution in [0.2, 0.25) is 0 Å². The topological polar surface area (TPSA) is 20.2 Å². The van der Waals surface area contributed by atoms with E-state index in [4.69, 9.17) is 0 Å². The van der Waals surface area contributed by atoms with Crippen LogP contribution in [-0.2, 0) is 19.3 Å². The summed E-state index contributed by atoms with van der Waals surface area (Å²) in [6.45, 7) is 4.27. The van der Waals surface area contributed by atoms with Crippen LogP contribution in [0.3, 0.4) is 0 Å². The Labute approximate surface area is 114 Å². The highest BCUT2D eigenvalue weighted by Crippen LogP contribution is 2.33. The van der Waals surface area contributed by atoms with Crippen molar-refractivity contribution in [3.05, 3.63) is 70.3 Å². The maximum Gasteiger partial charge on any atom is 0.0768 e. The van der Waals surface area contributed by atoms with Gasteiger partial charge in [0.15, 0.2) is 0 Å². The molecule has 0 aromatic heterocycles. The number of aliphatic hydroxyl groups is 1. The van der Waals surface area contributed by atoms with Crippen molar-refractivity contribution >= 4 is 0 Å². The molecule has 1 N–H and O–H groups in total. The third-order valence-corrected chi connectivity index (χ3v) is 4.31. The highest BCUT2D eigenvalue weighted by atomic mass is 16.3. The molecule has 0 amide bonds. The third-order valence-electron chi connectivity index (χ3n) is 4.31. The van der Waals surface area contributed by atoms with Gasteiger partial charge >= 0.3 is 0 Å². The van der Waals surface area contributed by atoms with E-state index < -0.39 is 5.60 Å². The predicted molar refractivity (Wildman–Crippen MR) is 78.4 cm³/mol. The lowest BCUT2D eigenvalue weighted by molar-refractivity contribution is 0.0515. The minimum absolute atomic E-state index is 0.611. The second-order valence-electron chi connectivity index (χ2n) is 5.89. The summed E-state index contributed by atoms with van der Waals surface area (Å²) < 4.78 is 0. The first-order valence-electron chi connectivity index (χ1n) is 6.92. The molecule has 0 radical (unpaired) electrons. The fourth-order valence-corrected chi connectivity index (χ4v) is 3.26. The first-order chi connectivity index (χ1) is 9.07. The average Bonchev–Trinajstić information content (AvgIpc) is 2.70. The molecule has 0 saturated heterocycles. The Balaban J connectivity index is 1.89. The Hall–Kier alpha value is -1.60. The molecule has 98 valence electrons. The van der Waals surface area contributed by atoms with Gasteiger partial charge in [0, 0.05) is 19.3 Å². The van der Waals surface area contributed by atoms with Gasteiger partial charge in [-0.15, -0.1) is 0 Å². The first kappa shape index (κ1) is 12.4. The van der Waals surface area contributed by atoms with E-state index in [9.17, 15) is 5.11 Å². The number of aryl methyl sites for hydroxylation is 2. The van der Waals surface area contributed by atoms with E-state index in [1.165, 1.54) is 27.8 Å². The van der Waals surface area contributed by atoms with Crippen LogP contribution in [0.1, 0.15) is 27.8 Å². The Morgan fingerprint density at radius 3 is 1.95 bits per heavy atom. The molecule has 0 spiro atoms. The Morgan fingerprint density at radius 2 is 1.42 bits per heavy atom. The fraction of sp³-hybridized carbons (Fsp3) is 0.333. The predicted octanol–water partition coefficient (Wildman–Crippen LogP) is 3.38. The van der Waals surface area contributed by atoms with E-state index in [0.717, 1.165) is 19.3 Å². The van der Waals surface area contributed by atoms with E-state index in [1.54, 1.807) is 0 Å². The van der Waals surface area contributed by atoms with Gasteiger partial charge in [0.25, 0.3) is 0 Å². The van der Waals surface area contributed by atoms with Crippen molar-refractivity contribution in [1.82, 2.24) is 0 Å². The van der Waals surface area contributed by atoms with Crippen molar-refractivity contribution in [2.45, 2.75) is 38.7 Å². The molecule has 0 aliphatic heterocycles. The van der Waals surface area contributed by atoms with Crippen molar-refractivity contribution in [3.63, 3.8) is 0 Å². The lowest BCUT2D eigenvalue weighted by atomic mass is 9.87. The summed E-state index contributed by atoms with van der Waals surface area (Å²) in [5, 5.41) is 10.9. The van der Waals surface area contributed by atoms with Gasteiger partial charge < -0.3 is 5.11 Å². The van der Waals surface area contributed by atoms with E-state index in [2.05, 4.69) is 56.3 Å². The summed E-state index contributed by atoms with van der Waals surface area (Å²) in [6, 6.07) is 14.7. The number of benzene rings is 2. The first-order valence-corrected chi connectivity index (χ1v) is 6.92. The van der Waals surface area contributed by atoms with E-state index >= 15 is 0 Å². The number of fused-ring (bicyclic) bond motifs is 1. The molecule has 2 aromatic carbocycles. The van der Waals surface area contributed by atoms with Crippen molar-refractivity contribution in [1.29, 1.82) is 0 Å². The number of hydrogen-bond donors (Lipinski definition) is 1. The van der Waals surface area contributed by atoms with Gasteiger partial charge in [0.1, 0.15) is 0 Å². The van der Waals surface area contributed by atoms with Crippen LogP contribution >= 0.6 is 0 Å². The molecule has 1 heteroatoms. The number of hydrogen-bond acceptors (Lipinski definition) is 1. The lowest BCUT2D eigenvalue weighted by Crippen LogP contribution is -2.32. The largest absolute Gasteiger partial charge is 0.389 e. The normalized spacial score (nSPS) is 16.4. The van der Waals surface area contributed by atoms with Crippen LogP contribution < -0.4 is 0 Å². The maximum atomic E-state index is 10.9. The van der Waals surface area contributed by atoms with Crippen LogP contribution in [0.15, 0.2) is 42.5 Å². The van der Waals surface area contributed by atoms with Gasteiger partial charge in [-0.3, -0.25) is 0 Å². The second-order valence-corrected chi connectivity index (χ2v) is 5.89. The molecular formula is C18H20O. The van der Waals surface area contributed by atoms with Crippen molar-refractivity contribution in [2.75, 3.05) is 0 Å². The van der Waals surface area contributed by atoms with Crippen molar-refractivity contribution < 1.29 is 5.11 Å². The zero-order chi connectivity index (χ0) is 13.5. The molecule has 3 rings (SSSR count). The van der Waals surface area contributed by atoms with E-state index in [-0.39, 0.29) is 0 Å². The van der Waals surface area contributed by atoms with Crippen LogP contribution in [-0.4, -0.2) is 10.7 Å². The zero-order valence-corrected chi connectivity index (χ0v) is 11.6. The van der Waals surface area contributed by atoms with Gasteiger partial charge in [-0.05, 0) is 41.7 Å². The molecule has 0 atom stereocenters. The minimum atomic E-state index is -0.611. The number of rotatable bonds is 2. The molecule has 0 saturated carbocycles. The standard InChI is InChI=1S/C18H20O/c1-13-6-5-7-14(2)17(13)12-18(19)10-15-8-3-4-9-16(15)11-18/h3-9,19H,10-12H2,1-2H3. The molecule has 0 fully saturated rings. The smallest absolute Gasteiger partial charge is 0.0768 e. The summed E-state index contributed by atoms with van der Waals surface area (Å²) in [4.78, 5) is 0. The summed E-state index contributed by atoms with van der Waals surface area (Å²) in [7, 11) is 0. The van der Waals surface area contributed by atoms with Gasteiger partial charge in [0.05, 0.1) is 5.60 Å². The second kappa shape index (κ2) is 4.50. The molecule has 1 nitrogen and oxygen atoms in total. The van der Waals surface area contributed by atoms with Gasteiger partial charge in [-0.25, -0.2) is 0 Å². The Bertz CT molecular complexity index is 568. The quantitative estimate of drug-likeness (QED) is 0.868. The van der Waals surface area contributed by atoms with Crippen LogP contribution in [0.4, 0.5) is 0 Å². The fourth-order valence-electron chi connectivity index (χ4n) is 3.26. The van der Waals surface area contributed by atoms with Gasteiger partial charge in [0.2, 0.25) is 0 Å². The van der Waals surface area contributed by atoms with Gasteiger partial charge in [-0.2, -0.15) is 0 Å². The molecule has 0 heterocycles. The molecular weight excluding hydrogens is 232 g/mol. The van der Waals surface area contributed by atoms with Crippen molar-refractivity contribution in [3.8, 4) is 0 Å². The Morgan fingerprint density at radius 1 is 0.895 bits per heavy atom. The van der Waals surface area contributed by atoms with Gasteiger partial charge in [-0.1, -0.05) is 42.5 Å². The minimum Gasteiger partial charge on any atom is -0.389 e. The summed E-state index contributed by atoms with van der Waals surface area (Å²) in [5.74, 6) is 0. The maximum absolute atomic E-state index is 10.9. The summed E-state index contributed by atoms with van der Waals surface area (Å²) in [5.41, 5.74) is 5.86. The molecule has 0 unspecified atom stereocenters. The molecule has 1 aliphatic carbocycles. The van der Waals surface area contributed by atoms with Crippen molar-refractivity contribution in [2.24, 2.45) is 0 Å². The Kier molecular flexibility index (Phi) is 2.94. The molecule has 19 heavy (non-hydrogen) atoms. The molecule has 0 bridgehead atoms. The van der Waals surface area contributed by atoms with Crippen LogP contribution in [0.5, 0.6) is 0 Å². The third kappa shape index (κ3) is 2.31. The molecule has 2 aromatic rings. The van der Waals surface area contributed by atoms with E-state index in [1.807, 2.05) is 0 Å². The highest BCUT2D eigenvalue weighted by Gasteiger charge is 2.35.